The number of amides is 3. The fourth-order valence-corrected chi connectivity index (χ4v) is 2.85. The summed E-state index contributed by atoms with van der Waals surface area (Å²) in [5.41, 5.74) is 0.840. The molecule has 0 radical (unpaired) electrons. The minimum Gasteiger partial charge on any atom is -0.343 e. The van der Waals surface area contributed by atoms with Crippen LogP contribution in [0.2, 0.25) is 0 Å². The largest absolute Gasteiger partial charge is 0.343 e. The van der Waals surface area contributed by atoms with Crippen LogP contribution >= 0.6 is 0 Å². The Hall–Kier alpha value is -2.11. The second kappa shape index (κ2) is 9.25. The highest BCUT2D eigenvalue weighted by molar-refractivity contribution is 5.77. The average Bonchev–Trinajstić information content (AvgIpc) is 2.58. The summed E-state index contributed by atoms with van der Waals surface area (Å²) < 4.78 is 13.1. The highest BCUT2D eigenvalue weighted by Crippen LogP contribution is 2.13. The molecule has 0 aliphatic carbocycles. The zero-order chi connectivity index (χ0) is 17.4. The molecule has 1 aliphatic heterocycles. The van der Waals surface area contributed by atoms with Crippen LogP contribution in [0.1, 0.15) is 38.2 Å². The molecule has 0 bridgehead atoms. The first-order valence-corrected chi connectivity index (χ1v) is 8.65. The van der Waals surface area contributed by atoms with Crippen LogP contribution in [0.4, 0.5) is 9.18 Å². The first-order valence-electron chi connectivity index (χ1n) is 8.65. The van der Waals surface area contributed by atoms with Gasteiger partial charge in [-0.25, -0.2) is 9.18 Å². The summed E-state index contributed by atoms with van der Waals surface area (Å²) in [7, 11) is 0. The smallest absolute Gasteiger partial charge is 0.315 e. The van der Waals surface area contributed by atoms with Gasteiger partial charge in [0, 0.05) is 32.1 Å². The first-order chi connectivity index (χ1) is 11.6. The van der Waals surface area contributed by atoms with E-state index in [1.807, 2.05) is 17.9 Å². The third-order valence-corrected chi connectivity index (χ3v) is 4.24. The Morgan fingerprint density at radius 3 is 2.71 bits per heavy atom. The van der Waals surface area contributed by atoms with Crippen LogP contribution in [-0.2, 0) is 11.2 Å². The van der Waals surface area contributed by atoms with E-state index in [0.29, 0.717) is 32.5 Å². The SMILES string of the molecule is CCCNC(=O)NC1CCN(C(=O)CCc2cccc(F)c2)CC1. The second-order valence-electron chi connectivity index (χ2n) is 6.19. The number of nitrogens with zero attached hydrogens (tertiary/aromatic N) is 1. The van der Waals surface area contributed by atoms with E-state index in [2.05, 4.69) is 10.6 Å². The van der Waals surface area contributed by atoms with Crippen molar-refractivity contribution in [1.82, 2.24) is 15.5 Å². The number of aryl methyl sites for hydroxylation is 1. The summed E-state index contributed by atoms with van der Waals surface area (Å²) in [6.45, 7) is 3.98. The monoisotopic (exact) mass is 335 g/mol. The lowest BCUT2D eigenvalue weighted by Crippen LogP contribution is -2.49. The van der Waals surface area contributed by atoms with Crippen molar-refractivity contribution in [1.29, 1.82) is 0 Å². The van der Waals surface area contributed by atoms with Gasteiger partial charge in [-0.3, -0.25) is 4.79 Å². The highest BCUT2D eigenvalue weighted by Gasteiger charge is 2.23. The molecule has 2 N–H and O–H groups in total. The molecule has 5 nitrogen and oxygen atoms in total. The van der Waals surface area contributed by atoms with Crippen LogP contribution in [-0.4, -0.2) is 42.5 Å². The lowest BCUT2D eigenvalue weighted by molar-refractivity contribution is -0.132. The molecule has 0 atom stereocenters. The molecule has 1 aliphatic rings. The number of rotatable bonds is 6. The summed E-state index contributed by atoms with van der Waals surface area (Å²) in [5, 5.41) is 5.74. The number of carbonyl (C=O) groups excluding carboxylic acids is 2. The zero-order valence-electron chi connectivity index (χ0n) is 14.2. The van der Waals surface area contributed by atoms with Gasteiger partial charge in [0.05, 0.1) is 0 Å². The van der Waals surface area contributed by atoms with E-state index in [1.165, 1.54) is 12.1 Å². The molecule has 132 valence electrons. The van der Waals surface area contributed by atoms with Gasteiger partial charge in [-0.1, -0.05) is 19.1 Å². The van der Waals surface area contributed by atoms with E-state index in [9.17, 15) is 14.0 Å². The molecule has 24 heavy (non-hydrogen) atoms. The highest BCUT2D eigenvalue weighted by atomic mass is 19.1. The third-order valence-electron chi connectivity index (χ3n) is 4.24. The Labute approximate surface area is 142 Å². The standard InChI is InChI=1S/C18H26FN3O2/c1-2-10-20-18(24)21-16-8-11-22(12-9-16)17(23)7-6-14-4-3-5-15(19)13-14/h3-5,13,16H,2,6-12H2,1H3,(H2,20,21,24). The van der Waals surface area contributed by atoms with Crippen molar-refractivity contribution in [3.8, 4) is 0 Å². The summed E-state index contributed by atoms with van der Waals surface area (Å²) in [4.78, 5) is 25.7. The van der Waals surface area contributed by atoms with Crippen LogP contribution in [0.25, 0.3) is 0 Å². The Morgan fingerprint density at radius 1 is 1.29 bits per heavy atom. The second-order valence-corrected chi connectivity index (χ2v) is 6.19. The molecule has 6 heteroatoms. The molecule has 0 aromatic heterocycles. The molecule has 1 fully saturated rings. The maximum Gasteiger partial charge on any atom is 0.315 e. The lowest BCUT2D eigenvalue weighted by atomic mass is 10.0. The number of carbonyl (C=O) groups is 2. The van der Waals surface area contributed by atoms with Gasteiger partial charge < -0.3 is 15.5 Å². The van der Waals surface area contributed by atoms with E-state index in [4.69, 9.17) is 0 Å². The van der Waals surface area contributed by atoms with E-state index in [0.717, 1.165) is 24.8 Å². The molecule has 1 aromatic carbocycles. The predicted molar refractivity (Wildman–Crippen MR) is 91.1 cm³/mol. The summed E-state index contributed by atoms with van der Waals surface area (Å²) in [6, 6.07) is 6.36. The molecular formula is C18H26FN3O2. The Morgan fingerprint density at radius 2 is 2.04 bits per heavy atom. The van der Waals surface area contributed by atoms with E-state index in [1.54, 1.807) is 6.07 Å². The molecule has 1 aromatic rings. The number of likely N-dealkylation sites (tertiary alicyclic amines) is 1. The van der Waals surface area contributed by atoms with Gasteiger partial charge in [0.25, 0.3) is 0 Å². The maximum absolute atomic E-state index is 13.1. The van der Waals surface area contributed by atoms with Crippen LogP contribution in [0, 0.1) is 5.82 Å². The van der Waals surface area contributed by atoms with Crippen molar-refractivity contribution in [2.75, 3.05) is 19.6 Å². The van der Waals surface area contributed by atoms with Gasteiger partial charge in [-0.15, -0.1) is 0 Å². The average molecular weight is 335 g/mol. The molecule has 1 heterocycles. The Kier molecular flexibility index (Phi) is 7.03. The normalized spacial score (nSPS) is 15.2. The van der Waals surface area contributed by atoms with Crippen LogP contribution < -0.4 is 10.6 Å². The fourth-order valence-electron chi connectivity index (χ4n) is 2.85. The van der Waals surface area contributed by atoms with E-state index in [-0.39, 0.29) is 23.8 Å². The van der Waals surface area contributed by atoms with Gasteiger partial charge in [0.15, 0.2) is 0 Å². The maximum atomic E-state index is 13.1. The van der Waals surface area contributed by atoms with Crippen LogP contribution in [0.5, 0.6) is 0 Å². The third kappa shape index (κ3) is 5.83. The molecular weight excluding hydrogens is 309 g/mol. The number of piperidine rings is 1. The molecule has 1 saturated heterocycles. The minimum absolute atomic E-state index is 0.0909. The van der Waals surface area contributed by atoms with E-state index >= 15 is 0 Å². The summed E-state index contributed by atoms with van der Waals surface area (Å²) >= 11 is 0. The molecule has 3 amide bonds. The quantitative estimate of drug-likeness (QED) is 0.839. The van der Waals surface area contributed by atoms with Gasteiger partial charge >= 0.3 is 6.03 Å². The lowest BCUT2D eigenvalue weighted by Gasteiger charge is -2.32. The number of urea groups is 1. The number of halogens is 1. The first kappa shape index (κ1) is 18.2. The number of hydrogen-bond donors (Lipinski definition) is 2. The van der Waals surface area contributed by atoms with Crippen molar-refractivity contribution in [2.24, 2.45) is 0 Å². The topological polar surface area (TPSA) is 61.4 Å². The predicted octanol–water partition coefficient (Wildman–Crippen LogP) is 2.46. The van der Waals surface area contributed by atoms with Gasteiger partial charge in [0.1, 0.15) is 5.82 Å². The minimum atomic E-state index is -0.270. The molecule has 0 saturated carbocycles. The Bertz CT molecular complexity index is 557. The number of hydrogen-bond acceptors (Lipinski definition) is 2. The molecule has 0 unspecified atom stereocenters. The fraction of sp³-hybridized carbons (Fsp3) is 0.556. The van der Waals surface area contributed by atoms with Crippen molar-refractivity contribution in [3.63, 3.8) is 0 Å². The van der Waals surface area contributed by atoms with Crippen molar-refractivity contribution in [2.45, 2.75) is 45.1 Å². The van der Waals surface area contributed by atoms with Crippen LogP contribution in [0.3, 0.4) is 0 Å². The molecule has 2 rings (SSSR count). The van der Waals surface area contributed by atoms with Crippen LogP contribution in [0.15, 0.2) is 24.3 Å². The van der Waals surface area contributed by atoms with Crippen molar-refractivity contribution < 1.29 is 14.0 Å². The van der Waals surface area contributed by atoms with Gasteiger partial charge in [-0.05, 0) is 43.4 Å². The number of nitrogens with one attached hydrogen (secondary N) is 2. The van der Waals surface area contributed by atoms with Gasteiger partial charge in [-0.2, -0.15) is 0 Å². The molecule has 0 spiro atoms. The van der Waals surface area contributed by atoms with Gasteiger partial charge in [0.2, 0.25) is 5.91 Å². The zero-order valence-corrected chi connectivity index (χ0v) is 14.2. The van der Waals surface area contributed by atoms with Crippen molar-refractivity contribution >= 4 is 11.9 Å². The number of benzene rings is 1. The Balaban J connectivity index is 1.69. The van der Waals surface area contributed by atoms with Crippen molar-refractivity contribution in [3.05, 3.63) is 35.6 Å². The van der Waals surface area contributed by atoms with E-state index < -0.39 is 0 Å². The summed E-state index contributed by atoms with van der Waals surface area (Å²) in [5.74, 6) is -0.179. The summed E-state index contributed by atoms with van der Waals surface area (Å²) in [6.07, 6.45) is 3.38.